The predicted molar refractivity (Wildman–Crippen MR) is 117 cm³/mol. The Morgan fingerprint density at radius 3 is 2.27 bits per heavy atom. The SMILES string of the molecule is O=C(OCC1c2ccccc2-c2ccccc21)N1CCc2cc(OCC(F)(F)F)ccc2C1. The van der Waals surface area contributed by atoms with Crippen molar-refractivity contribution >= 4 is 6.09 Å². The van der Waals surface area contributed by atoms with Crippen LogP contribution in [0.1, 0.15) is 28.2 Å². The Hall–Kier alpha value is -3.48. The van der Waals surface area contributed by atoms with Gasteiger partial charge in [0.25, 0.3) is 0 Å². The van der Waals surface area contributed by atoms with E-state index in [-0.39, 0.29) is 24.4 Å². The lowest BCUT2D eigenvalue weighted by Gasteiger charge is -2.29. The number of hydrogen-bond donors (Lipinski definition) is 0. The standard InChI is InChI=1S/C26H22F3NO3/c27-26(28,29)16-33-19-10-9-18-14-30(12-11-17(18)13-19)25(31)32-15-24-22-7-3-1-5-20(22)21-6-2-4-8-23(21)24/h1-10,13,24H,11-12,14-16H2. The maximum Gasteiger partial charge on any atom is 0.422 e. The van der Waals surface area contributed by atoms with E-state index in [1.54, 1.807) is 17.0 Å². The third-order valence-corrected chi connectivity index (χ3v) is 6.19. The smallest absolute Gasteiger partial charge is 0.422 e. The molecule has 0 spiro atoms. The number of carbonyl (C=O) groups excluding carboxylic acids is 1. The van der Waals surface area contributed by atoms with E-state index in [9.17, 15) is 18.0 Å². The Kier molecular flexibility index (Phi) is 5.48. The van der Waals surface area contributed by atoms with Gasteiger partial charge in [-0.05, 0) is 51.9 Å². The van der Waals surface area contributed by atoms with Gasteiger partial charge in [-0.15, -0.1) is 0 Å². The largest absolute Gasteiger partial charge is 0.484 e. The fourth-order valence-corrected chi connectivity index (χ4v) is 4.63. The number of hydrogen-bond acceptors (Lipinski definition) is 3. The molecule has 0 atom stereocenters. The molecule has 0 saturated heterocycles. The minimum Gasteiger partial charge on any atom is -0.484 e. The van der Waals surface area contributed by atoms with E-state index in [1.807, 2.05) is 24.3 Å². The lowest BCUT2D eigenvalue weighted by atomic mass is 9.98. The number of nitrogens with zero attached hydrogens (tertiary/aromatic N) is 1. The van der Waals surface area contributed by atoms with Crippen molar-refractivity contribution < 1.29 is 27.4 Å². The van der Waals surface area contributed by atoms with Gasteiger partial charge >= 0.3 is 12.3 Å². The zero-order valence-corrected chi connectivity index (χ0v) is 17.8. The molecule has 1 heterocycles. The first-order valence-electron chi connectivity index (χ1n) is 10.8. The van der Waals surface area contributed by atoms with Gasteiger partial charge in [0.1, 0.15) is 12.4 Å². The van der Waals surface area contributed by atoms with Crippen LogP contribution in [0.4, 0.5) is 18.0 Å². The minimum atomic E-state index is -4.38. The Bertz CT molecular complexity index is 1150. The summed E-state index contributed by atoms with van der Waals surface area (Å²) in [6.07, 6.45) is -4.24. The van der Waals surface area contributed by atoms with Gasteiger partial charge in [0.05, 0.1) is 0 Å². The number of halogens is 3. The zero-order valence-electron chi connectivity index (χ0n) is 17.8. The number of benzene rings is 3. The van der Waals surface area contributed by atoms with Gasteiger partial charge in [-0.2, -0.15) is 13.2 Å². The Morgan fingerprint density at radius 2 is 1.61 bits per heavy atom. The summed E-state index contributed by atoms with van der Waals surface area (Å²) in [5.74, 6) is 0.174. The van der Waals surface area contributed by atoms with Crippen LogP contribution in [-0.4, -0.2) is 36.9 Å². The molecule has 0 fully saturated rings. The maximum absolute atomic E-state index is 12.8. The molecule has 0 aromatic heterocycles. The van der Waals surface area contributed by atoms with Gasteiger partial charge in [0.2, 0.25) is 0 Å². The van der Waals surface area contributed by atoms with E-state index in [4.69, 9.17) is 9.47 Å². The molecule has 1 aliphatic carbocycles. The summed E-state index contributed by atoms with van der Waals surface area (Å²) in [4.78, 5) is 14.5. The lowest BCUT2D eigenvalue weighted by molar-refractivity contribution is -0.153. The van der Waals surface area contributed by atoms with E-state index in [1.165, 1.54) is 17.2 Å². The van der Waals surface area contributed by atoms with Crippen molar-refractivity contribution in [3.05, 3.63) is 89.0 Å². The lowest BCUT2D eigenvalue weighted by Crippen LogP contribution is -2.37. The Balaban J connectivity index is 1.23. The summed E-state index contributed by atoms with van der Waals surface area (Å²) in [5.41, 5.74) is 6.42. The molecular formula is C26H22F3NO3. The first kappa shape index (κ1) is 21.4. The Morgan fingerprint density at radius 1 is 0.939 bits per heavy atom. The quantitative estimate of drug-likeness (QED) is 0.491. The summed E-state index contributed by atoms with van der Waals surface area (Å²) < 4.78 is 47.7. The molecule has 5 rings (SSSR count). The van der Waals surface area contributed by atoms with Gasteiger partial charge in [-0.1, -0.05) is 54.6 Å². The third kappa shape index (κ3) is 4.40. The van der Waals surface area contributed by atoms with Gasteiger partial charge in [-0.3, -0.25) is 0 Å². The van der Waals surface area contributed by atoms with E-state index >= 15 is 0 Å². The van der Waals surface area contributed by atoms with Gasteiger partial charge in [0, 0.05) is 19.0 Å². The molecule has 0 N–H and O–H groups in total. The van der Waals surface area contributed by atoms with Crippen molar-refractivity contribution in [1.29, 1.82) is 0 Å². The van der Waals surface area contributed by atoms with E-state index in [0.717, 1.165) is 22.3 Å². The molecule has 1 aliphatic heterocycles. The average molecular weight is 453 g/mol. The monoisotopic (exact) mass is 453 g/mol. The Labute approximate surface area is 189 Å². The van der Waals surface area contributed by atoms with Crippen LogP contribution in [0, 0.1) is 0 Å². The van der Waals surface area contributed by atoms with Gasteiger partial charge in [0.15, 0.2) is 6.61 Å². The van der Waals surface area contributed by atoms with Crippen LogP contribution in [0.3, 0.4) is 0 Å². The van der Waals surface area contributed by atoms with Crippen molar-refractivity contribution in [3.63, 3.8) is 0 Å². The average Bonchev–Trinajstić information content (AvgIpc) is 3.14. The molecule has 2 aliphatic rings. The number of ether oxygens (including phenoxy) is 2. The van der Waals surface area contributed by atoms with Crippen LogP contribution >= 0.6 is 0 Å². The summed E-state index contributed by atoms with van der Waals surface area (Å²) in [5, 5.41) is 0. The van der Waals surface area contributed by atoms with Crippen molar-refractivity contribution in [2.45, 2.75) is 25.1 Å². The molecule has 7 heteroatoms. The molecule has 0 saturated carbocycles. The van der Waals surface area contributed by atoms with Crippen LogP contribution in [0.25, 0.3) is 11.1 Å². The highest BCUT2D eigenvalue weighted by Crippen LogP contribution is 2.44. The third-order valence-electron chi connectivity index (χ3n) is 6.19. The number of amides is 1. The van der Waals surface area contributed by atoms with Crippen LogP contribution < -0.4 is 4.74 Å². The van der Waals surface area contributed by atoms with Crippen LogP contribution in [0.15, 0.2) is 66.7 Å². The number of fused-ring (bicyclic) bond motifs is 4. The molecule has 0 unspecified atom stereocenters. The van der Waals surface area contributed by atoms with Crippen LogP contribution in [0.2, 0.25) is 0 Å². The molecule has 3 aromatic carbocycles. The first-order valence-corrected chi connectivity index (χ1v) is 10.8. The highest BCUT2D eigenvalue weighted by atomic mass is 19.4. The molecule has 0 bridgehead atoms. The molecular weight excluding hydrogens is 431 g/mol. The minimum absolute atomic E-state index is 0.00762. The van der Waals surface area contributed by atoms with E-state index in [2.05, 4.69) is 24.3 Å². The summed E-state index contributed by atoms with van der Waals surface area (Å²) >= 11 is 0. The highest BCUT2D eigenvalue weighted by Gasteiger charge is 2.31. The second-order valence-corrected chi connectivity index (χ2v) is 8.31. The topological polar surface area (TPSA) is 38.8 Å². The maximum atomic E-state index is 12.8. The zero-order chi connectivity index (χ0) is 23.0. The molecule has 1 amide bonds. The normalized spacial score (nSPS) is 14.9. The van der Waals surface area contributed by atoms with E-state index in [0.29, 0.717) is 19.5 Å². The van der Waals surface area contributed by atoms with Crippen molar-refractivity contribution in [2.24, 2.45) is 0 Å². The predicted octanol–water partition coefficient (Wildman–Crippen LogP) is 5.93. The fourth-order valence-electron chi connectivity index (χ4n) is 4.63. The number of carbonyl (C=O) groups is 1. The fraction of sp³-hybridized carbons (Fsp3) is 0.269. The van der Waals surface area contributed by atoms with E-state index < -0.39 is 12.8 Å². The molecule has 0 radical (unpaired) electrons. The molecule has 33 heavy (non-hydrogen) atoms. The molecule has 3 aromatic rings. The summed E-state index contributed by atoms with van der Waals surface area (Å²) in [6.45, 7) is -0.282. The van der Waals surface area contributed by atoms with Gasteiger partial charge in [-0.25, -0.2) is 4.79 Å². The molecule has 4 nitrogen and oxygen atoms in total. The highest BCUT2D eigenvalue weighted by molar-refractivity contribution is 5.79. The van der Waals surface area contributed by atoms with Crippen LogP contribution in [-0.2, 0) is 17.7 Å². The van der Waals surface area contributed by atoms with Crippen LogP contribution in [0.5, 0.6) is 5.75 Å². The van der Waals surface area contributed by atoms with Crippen molar-refractivity contribution in [3.8, 4) is 16.9 Å². The number of rotatable bonds is 4. The van der Waals surface area contributed by atoms with Gasteiger partial charge < -0.3 is 14.4 Å². The van der Waals surface area contributed by atoms with Crippen molar-refractivity contribution in [1.82, 2.24) is 4.90 Å². The molecule has 170 valence electrons. The van der Waals surface area contributed by atoms with Crippen molar-refractivity contribution in [2.75, 3.05) is 19.8 Å². The second kappa shape index (κ2) is 8.46. The summed E-state index contributed by atoms with van der Waals surface area (Å²) in [6, 6.07) is 21.2. The first-order chi connectivity index (χ1) is 15.9. The number of alkyl halides is 3. The second-order valence-electron chi connectivity index (χ2n) is 8.31. The summed E-state index contributed by atoms with van der Waals surface area (Å²) in [7, 11) is 0.